The summed E-state index contributed by atoms with van der Waals surface area (Å²) < 4.78 is 0.0260. The number of nitrogens with zero attached hydrogens (tertiary/aromatic N) is 1. The van der Waals surface area contributed by atoms with Gasteiger partial charge in [0.25, 0.3) is 0 Å². The van der Waals surface area contributed by atoms with E-state index < -0.39 is 31.5 Å². The highest BCUT2D eigenvalue weighted by molar-refractivity contribution is 4.79. The van der Waals surface area contributed by atoms with E-state index in [-0.39, 0.29) is 30.0 Å². The Kier molecular flexibility index (Phi) is 8.51. The molecule has 0 amide bonds. The van der Waals surface area contributed by atoms with Crippen molar-refractivity contribution < 1.29 is 42.4 Å². The summed E-state index contributed by atoms with van der Waals surface area (Å²) in [6, 6.07) is 0. The smallest absolute Gasteiger partial charge is 0.169 e. The van der Waals surface area contributed by atoms with Gasteiger partial charge in [0.05, 0.1) is 20.7 Å². The van der Waals surface area contributed by atoms with Gasteiger partial charge in [-0.15, -0.1) is 0 Å². The second-order valence-corrected chi connectivity index (χ2v) is 4.40. The van der Waals surface area contributed by atoms with E-state index in [9.17, 15) is 20.4 Å². The highest BCUT2D eigenvalue weighted by Crippen LogP contribution is 2.20. The summed E-state index contributed by atoms with van der Waals surface area (Å²) in [7, 11) is 3.34. The van der Waals surface area contributed by atoms with Crippen LogP contribution in [0.3, 0.4) is 0 Å². The average Bonchev–Trinajstić information content (AvgIpc) is 2.20. The molecule has 0 aliphatic heterocycles. The highest BCUT2D eigenvalue weighted by Gasteiger charge is 2.45. The normalized spacial score (nSPS) is 14.4. The molecule has 0 aliphatic rings. The Morgan fingerprint density at radius 3 is 1.62 bits per heavy atom. The van der Waals surface area contributed by atoms with Crippen LogP contribution in [-0.4, -0.2) is 88.7 Å². The molecule has 0 radical (unpaired) electrons. The van der Waals surface area contributed by atoms with Crippen LogP contribution >= 0.6 is 0 Å². The number of hydrogen-bond acceptors (Lipinski definition) is 5. The molecule has 1 unspecified atom stereocenters. The number of aliphatic hydroxyl groups excluding tert-OH is 5. The van der Waals surface area contributed by atoms with Gasteiger partial charge in [0.15, 0.2) is 5.54 Å². The summed E-state index contributed by atoms with van der Waals surface area (Å²) >= 11 is 0. The zero-order chi connectivity index (χ0) is 12.1. The average molecular weight is 260 g/mol. The van der Waals surface area contributed by atoms with E-state index in [4.69, 9.17) is 5.11 Å². The lowest BCUT2D eigenvalue weighted by Crippen LogP contribution is -3.00. The van der Waals surface area contributed by atoms with Gasteiger partial charge in [-0.1, -0.05) is 0 Å². The predicted molar refractivity (Wildman–Crippen MR) is 54.1 cm³/mol. The quantitative estimate of drug-likeness (QED) is 0.293. The van der Waals surface area contributed by atoms with Crippen LogP contribution in [0.4, 0.5) is 0 Å². The molecule has 16 heavy (non-hydrogen) atoms. The monoisotopic (exact) mass is 259 g/mol. The van der Waals surface area contributed by atoms with Crippen LogP contribution in [0, 0.1) is 0 Å². The minimum Gasteiger partial charge on any atom is -1.00 e. The first-order valence-corrected chi connectivity index (χ1v) is 4.83. The van der Waals surface area contributed by atoms with Gasteiger partial charge in [-0.2, -0.15) is 0 Å². The molecule has 0 heterocycles. The Morgan fingerprint density at radius 1 is 1.00 bits per heavy atom. The van der Waals surface area contributed by atoms with E-state index in [2.05, 4.69) is 0 Å². The summed E-state index contributed by atoms with van der Waals surface area (Å²) in [5.74, 6) is 0. The maximum Gasteiger partial charge on any atom is 0.169 e. The molecular weight excluding hydrogens is 238 g/mol. The van der Waals surface area contributed by atoms with Crippen LogP contribution in [0.25, 0.3) is 0 Å². The van der Waals surface area contributed by atoms with Gasteiger partial charge in [-0.3, -0.25) is 0 Å². The van der Waals surface area contributed by atoms with Crippen LogP contribution < -0.4 is 12.4 Å². The van der Waals surface area contributed by atoms with Crippen LogP contribution in [0.2, 0.25) is 0 Å². The summed E-state index contributed by atoms with van der Waals surface area (Å²) in [4.78, 5) is 0. The molecule has 0 aromatic rings. The summed E-state index contributed by atoms with van der Waals surface area (Å²) in [6.45, 7) is -1.44. The molecule has 0 spiro atoms. The lowest BCUT2D eigenvalue weighted by atomic mass is 9.97. The van der Waals surface area contributed by atoms with Crippen LogP contribution in [0.15, 0.2) is 0 Å². The second kappa shape index (κ2) is 7.39. The topological polar surface area (TPSA) is 101 Å². The van der Waals surface area contributed by atoms with Crippen molar-refractivity contribution in [2.75, 3.05) is 47.1 Å². The third-order valence-corrected chi connectivity index (χ3v) is 3.04. The van der Waals surface area contributed by atoms with Crippen LogP contribution in [-0.2, 0) is 0 Å². The highest BCUT2D eigenvalue weighted by atomic mass is 35.5. The van der Waals surface area contributed by atoms with Gasteiger partial charge in [0, 0.05) is 0 Å². The van der Waals surface area contributed by atoms with Gasteiger partial charge in [-0.25, -0.2) is 0 Å². The van der Waals surface area contributed by atoms with Crippen molar-refractivity contribution in [1.29, 1.82) is 0 Å². The molecule has 0 saturated carbocycles. The van der Waals surface area contributed by atoms with E-state index in [1.165, 1.54) is 0 Å². The molecule has 6 nitrogen and oxygen atoms in total. The summed E-state index contributed by atoms with van der Waals surface area (Å²) in [5, 5.41) is 45.7. The zero-order valence-electron chi connectivity index (χ0n) is 9.67. The summed E-state index contributed by atoms with van der Waals surface area (Å²) in [5.41, 5.74) is -1.11. The van der Waals surface area contributed by atoms with Crippen molar-refractivity contribution >= 4 is 0 Å². The first-order valence-electron chi connectivity index (χ1n) is 4.83. The van der Waals surface area contributed by atoms with Crippen molar-refractivity contribution in [3.8, 4) is 0 Å². The molecule has 0 aromatic heterocycles. The maximum absolute atomic E-state index is 9.33. The molecule has 100 valence electrons. The van der Waals surface area contributed by atoms with Crippen molar-refractivity contribution in [1.82, 2.24) is 0 Å². The van der Waals surface area contributed by atoms with Gasteiger partial charge >= 0.3 is 0 Å². The number of rotatable bonds is 7. The van der Waals surface area contributed by atoms with Crippen molar-refractivity contribution in [3.05, 3.63) is 0 Å². The SMILES string of the molecule is C[N+](C)(CC(O)CO)C(CO)(CO)CO.[Cl-]. The molecule has 5 N–H and O–H groups in total. The van der Waals surface area contributed by atoms with Gasteiger partial charge in [0.2, 0.25) is 0 Å². The van der Waals surface area contributed by atoms with E-state index in [1.807, 2.05) is 0 Å². The standard InChI is InChI=1S/C9H22NO5.ClH/c1-10(2,3-8(15)4-11)9(5-12,6-13)7-14;/h8,11-15H,3-7H2,1-2H3;1H/q+1;/p-1. The third-order valence-electron chi connectivity index (χ3n) is 3.04. The Labute approximate surface area is 102 Å². The second-order valence-electron chi connectivity index (χ2n) is 4.40. The number of halogens is 1. The van der Waals surface area contributed by atoms with Gasteiger partial charge < -0.3 is 42.4 Å². The largest absolute Gasteiger partial charge is 1.00 e. The van der Waals surface area contributed by atoms with Crippen molar-refractivity contribution in [2.24, 2.45) is 0 Å². The third kappa shape index (κ3) is 3.81. The molecule has 0 aromatic carbocycles. The number of hydrogen-bond donors (Lipinski definition) is 5. The zero-order valence-corrected chi connectivity index (χ0v) is 10.4. The van der Waals surface area contributed by atoms with Crippen molar-refractivity contribution in [2.45, 2.75) is 11.6 Å². The van der Waals surface area contributed by atoms with Crippen LogP contribution in [0.1, 0.15) is 0 Å². The van der Waals surface area contributed by atoms with E-state index in [1.54, 1.807) is 14.1 Å². The molecule has 0 fully saturated rings. The fourth-order valence-electron chi connectivity index (χ4n) is 1.50. The Bertz CT molecular complexity index is 178. The van der Waals surface area contributed by atoms with Crippen LogP contribution in [0.5, 0.6) is 0 Å². The van der Waals surface area contributed by atoms with Gasteiger partial charge in [-0.05, 0) is 0 Å². The lowest BCUT2D eigenvalue weighted by Gasteiger charge is -2.46. The molecule has 0 aliphatic carbocycles. The first kappa shape index (κ1) is 18.4. The minimum atomic E-state index is -1.11. The molecular formula is C9H22ClNO5. The molecule has 1 atom stereocenters. The molecule has 0 rings (SSSR count). The summed E-state index contributed by atoms with van der Waals surface area (Å²) in [6.07, 6.45) is -0.941. The predicted octanol–water partition coefficient (Wildman–Crippen LogP) is -5.86. The first-order chi connectivity index (χ1) is 6.89. The number of quaternary nitrogens is 1. The molecule has 0 saturated heterocycles. The number of aliphatic hydroxyl groups is 5. The van der Waals surface area contributed by atoms with Gasteiger partial charge in [0.1, 0.15) is 32.5 Å². The lowest BCUT2D eigenvalue weighted by molar-refractivity contribution is -0.946. The van der Waals surface area contributed by atoms with E-state index in [0.717, 1.165) is 0 Å². The van der Waals surface area contributed by atoms with Crippen molar-refractivity contribution in [3.63, 3.8) is 0 Å². The molecule has 0 bridgehead atoms. The van der Waals surface area contributed by atoms with E-state index in [0.29, 0.717) is 0 Å². The Balaban J connectivity index is 0. The number of likely N-dealkylation sites (N-methyl/N-ethyl adjacent to an activating group) is 1. The fraction of sp³-hybridized carbons (Fsp3) is 1.00. The minimum absolute atomic E-state index is 0. The fourth-order valence-corrected chi connectivity index (χ4v) is 1.50. The van der Waals surface area contributed by atoms with E-state index >= 15 is 0 Å². The Morgan fingerprint density at radius 2 is 1.38 bits per heavy atom. The maximum atomic E-state index is 9.33. The Hall–Kier alpha value is 0.0500. The molecule has 7 heteroatoms.